The number of nitrogens with two attached hydrogens (primary N) is 4. The summed E-state index contributed by atoms with van der Waals surface area (Å²) in [6.45, 7) is -0.782. The minimum atomic E-state index is -1.18. The Kier molecular flexibility index (Phi) is 14.9. The molecule has 4 rings (SSSR count). The number of hydrogen-bond donors (Lipinski definition) is 11. The van der Waals surface area contributed by atoms with Gasteiger partial charge in [-0.15, -0.1) is 0 Å². The van der Waals surface area contributed by atoms with Crippen molar-refractivity contribution in [3.63, 3.8) is 0 Å². The van der Waals surface area contributed by atoms with E-state index in [1.165, 1.54) is 0 Å². The number of hydrogen-bond acceptors (Lipinski definition) is 9. The van der Waals surface area contributed by atoms with Crippen molar-refractivity contribution in [1.82, 2.24) is 9.97 Å². The van der Waals surface area contributed by atoms with Crippen LogP contribution in [0.15, 0.2) is 60.9 Å². The van der Waals surface area contributed by atoms with E-state index in [9.17, 15) is 19.2 Å². The lowest BCUT2D eigenvalue weighted by atomic mass is 10.1. The van der Waals surface area contributed by atoms with E-state index in [1.807, 2.05) is 60.9 Å². The van der Waals surface area contributed by atoms with Gasteiger partial charge in [-0.2, -0.15) is 0 Å². The van der Waals surface area contributed by atoms with Gasteiger partial charge in [0.25, 0.3) is 0 Å². The standard InChI is InChI=1S/2C11H12N2O2.C3H7NO3.C2H5NO2/c2*12-9(11(14)15)5-7-6-13-10-4-2-1-3-8(7)10;4-2(1-5)3(6)7;3-1-2(4)5/h2*1-4,6,9,13H,5,12H2,(H,14,15);2,5H,1,4H2,(H,6,7);1,3H2,(H,4,5)/t2*9-;2-;/m000./s1. The van der Waals surface area contributed by atoms with Crippen LogP contribution in [0.3, 0.4) is 0 Å². The van der Waals surface area contributed by atoms with Crippen LogP contribution in [0.25, 0.3) is 21.8 Å². The molecular weight excluding hydrogens is 552 g/mol. The normalized spacial score (nSPS) is 12.3. The first kappa shape index (κ1) is 35.2. The third-order valence-corrected chi connectivity index (χ3v) is 5.55. The van der Waals surface area contributed by atoms with Gasteiger partial charge < -0.3 is 58.4 Å². The van der Waals surface area contributed by atoms with Gasteiger partial charge in [-0.1, -0.05) is 36.4 Å². The molecule has 42 heavy (non-hydrogen) atoms. The van der Waals surface area contributed by atoms with Crippen molar-refractivity contribution in [2.24, 2.45) is 22.9 Å². The second-order valence-electron chi connectivity index (χ2n) is 8.74. The van der Waals surface area contributed by atoms with Crippen molar-refractivity contribution in [2.45, 2.75) is 31.0 Å². The van der Waals surface area contributed by atoms with Crippen molar-refractivity contribution >= 4 is 45.7 Å². The highest BCUT2D eigenvalue weighted by Gasteiger charge is 2.15. The fraction of sp³-hybridized carbons (Fsp3) is 0.259. The molecular formula is C27H36N6O9. The van der Waals surface area contributed by atoms with Crippen LogP contribution in [-0.4, -0.2) is 90.7 Å². The number of aliphatic hydroxyl groups is 1. The highest BCUT2D eigenvalue weighted by Crippen LogP contribution is 2.19. The summed E-state index contributed by atoms with van der Waals surface area (Å²) in [6.07, 6.45) is 4.32. The largest absolute Gasteiger partial charge is 0.480 e. The zero-order valence-corrected chi connectivity index (χ0v) is 22.5. The van der Waals surface area contributed by atoms with Crippen molar-refractivity contribution in [2.75, 3.05) is 13.2 Å². The third-order valence-electron chi connectivity index (χ3n) is 5.55. The Labute approximate surface area is 239 Å². The molecule has 15 nitrogen and oxygen atoms in total. The van der Waals surface area contributed by atoms with E-state index in [0.717, 1.165) is 32.9 Å². The highest BCUT2D eigenvalue weighted by atomic mass is 16.4. The lowest BCUT2D eigenvalue weighted by Crippen LogP contribution is -2.33. The first-order chi connectivity index (χ1) is 19.8. The molecule has 2 aromatic heterocycles. The smallest absolute Gasteiger partial charge is 0.322 e. The lowest BCUT2D eigenvalue weighted by Gasteiger charge is -2.04. The fourth-order valence-corrected chi connectivity index (χ4v) is 3.33. The SMILES string of the molecule is NCC(=O)O.N[C@@H](CO)C(=O)O.N[C@@H](Cc1c[nH]c2ccccc12)C(=O)O.N[C@@H](Cc1c[nH]c2ccccc12)C(=O)O. The van der Waals surface area contributed by atoms with Gasteiger partial charge in [0.15, 0.2) is 0 Å². The molecule has 0 bridgehead atoms. The molecule has 0 amide bonds. The number of aromatic nitrogens is 2. The summed E-state index contributed by atoms with van der Waals surface area (Å²) < 4.78 is 0. The summed E-state index contributed by atoms with van der Waals surface area (Å²) in [5, 5.41) is 43.0. The van der Waals surface area contributed by atoms with E-state index < -0.39 is 48.6 Å². The maximum atomic E-state index is 10.6. The van der Waals surface area contributed by atoms with Gasteiger partial charge in [0.2, 0.25) is 0 Å². The average molecular weight is 589 g/mol. The molecule has 0 unspecified atom stereocenters. The second-order valence-corrected chi connectivity index (χ2v) is 8.74. The topological polar surface area (TPSA) is 305 Å². The summed E-state index contributed by atoms with van der Waals surface area (Å²) in [5.74, 6) is -4.09. The minimum Gasteiger partial charge on any atom is -0.480 e. The summed E-state index contributed by atoms with van der Waals surface area (Å²) in [5.41, 5.74) is 24.2. The molecule has 0 aliphatic carbocycles. The van der Waals surface area contributed by atoms with Gasteiger partial charge in [-0.05, 0) is 23.3 Å². The Morgan fingerprint density at radius 3 is 1.24 bits per heavy atom. The van der Waals surface area contributed by atoms with E-state index >= 15 is 0 Å². The average Bonchev–Trinajstić information content (AvgIpc) is 3.57. The molecule has 0 aliphatic rings. The molecule has 0 radical (unpaired) electrons. The molecule has 15 heteroatoms. The highest BCUT2D eigenvalue weighted by molar-refractivity contribution is 5.85. The van der Waals surface area contributed by atoms with Gasteiger partial charge in [-0.25, -0.2) is 0 Å². The molecule has 0 saturated heterocycles. The molecule has 228 valence electrons. The van der Waals surface area contributed by atoms with E-state index in [2.05, 4.69) is 15.7 Å². The molecule has 3 atom stereocenters. The van der Waals surface area contributed by atoms with Crippen LogP contribution in [0.2, 0.25) is 0 Å². The lowest BCUT2D eigenvalue weighted by molar-refractivity contribution is -0.140. The summed E-state index contributed by atoms with van der Waals surface area (Å²) in [6, 6.07) is 12.7. The van der Waals surface area contributed by atoms with E-state index in [4.69, 9.17) is 42.7 Å². The maximum absolute atomic E-state index is 10.6. The third kappa shape index (κ3) is 11.7. The van der Waals surface area contributed by atoms with Crippen LogP contribution < -0.4 is 22.9 Å². The number of aliphatic carboxylic acids is 4. The van der Waals surface area contributed by atoms with Gasteiger partial charge in [0.1, 0.15) is 18.1 Å². The molecule has 4 aromatic rings. The number of aliphatic hydroxyl groups excluding tert-OH is 1. The van der Waals surface area contributed by atoms with Crippen LogP contribution in [0.4, 0.5) is 0 Å². The molecule has 0 aliphatic heterocycles. The Morgan fingerprint density at radius 1 is 0.643 bits per heavy atom. The summed E-state index contributed by atoms with van der Waals surface area (Å²) in [7, 11) is 0. The number of benzene rings is 2. The maximum Gasteiger partial charge on any atom is 0.322 e. The quantitative estimate of drug-likeness (QED) is 0.119. The van der Waals surface area contributed by atoms with Gasteiger partial charge in [0, 0.05) is 47.0 Å². The van der Waals surface area contributed by atoms with Gasteiger partial charge in [0.05, 0.1) is 13.2 Å². The number of carbonyl (C=O) groups is 4. The van der Waals surface area contributed by atoms with Crippen LogP contribution in [0.1, 0.15) is 11.1 Å². The first-order valence-electron chi connectivity index (χ1n) is 12.4. The number of H-pyrrole nitrogens is 2. The van der Waals surface area contributed by atoms with Crippen molar-refractivity contribution < 1.29 is 44.7 Å². The van der Waals surface area contributed by atoms with E-state index in [-0.39, 0.29) is 6.54 Å². The number of rotatable bonds is 9. The second kappa shape index (κ2) is 17.8. The number of fused-ring (bicyclic) bond motifs is 2. The van der Waals surface area contributed by atoms with Gasteiger partial charge in [-0.3, -0.25) is 19.2 Å². The van der Waals surface area contributed by atoms with Crippen molar-refractivity contribution in [3.05, 3.63) is 72.1 Å². The van der Waals surface area contributed by atoms with Crippen LogP contribution in [0.5, 0.6) is 0 Å². The minimum absolute atomic E-state index is 0.278. The number of carboxylic acid groups (broad SMARTS) is 4. The summed E-state index contributed by atoms with van der Waals surface area (Å²) in [4.78, 5) is 46.3. The van der Waals surface area contributed by atoms with Crippen LogP contribution in [0, 0.1) is 0 Å². The monoisotopic (exact) mass is 588 g/mol. The number of aromatic amines is 2. The van der Waals surface area contributed by atoms with Crippen LogP contribution in [-0.2, 0) is 32.0 Å². The number of nitrogens with one attached hydrogen (secondary N) is 2. The van der Waals surface area contributed by atoms with E-state index in [1.54, 1.807) is 0 Å². The molecule has 15 N–H and O–H groups in total. The molecule has 0 saturated carbocycles. The first-order valence-corrected chi connectivity index (χ1v) is 12.4. The molecule has 0 fully saturated rings. The van der Waals surface area contributed by atoms with Crippen molar-refractivity contribution in [1.29, 1.82) is 0 Å². The Morgan fingerprint density at radius 2 is 0.976 bits per heavy atom. The van der Waals surface area contributed by atoms with Crippen LogP contribution >= 0.6 is 0 Å². The van der Waals surface area contributed by atoms with Gasteiger partial charge >= 0.3 is 23.9 Å². The molecule has 0 spiro atoms. The Bertz CT molecular complexity index is 1360. The molecule has 2 heterocycles. The number of carboxylic acids is 4. The predicted molar refractivity (Wildman–Crippen MR) is 155 cm³/mol. The molecule has 2 aromatic carbocycles. The summed E-state index contributed by atoms with van der Waals surface area (Å²) >= 11 is 0. The van der Waals surface area contributed by atoms with E-state index in [0.29, 0.717) is 12.8 Å². The zero-order valence-electron chi connectivity index (χ0n) is 22.5. The number of para-hydroxylation sites is 2. The Balaban J connectivity index is 0.000000308. The Hall–Kier alpha value is -4.80. The predicted octanol–water partition coefficient (Wildman–Crippen LogP) is -0.335. The zero-order chi connectivity index (χ0) is 31.8. The fourth-order valence-electron chi connectivity index (χ4n) is 3.33. The van der Waals surface area contributed by atoms with Crippen molar-refractivity contribution in [3.8, 4) is 0 Å².